The molecule has 1 unspecified atom stereocenters. The molecule has 1 aromatic heterocycles. The van der Waals surface area contributed by atoms with Crippen LogP contribution in [0.2, 0.25) is 0 Å². The minimum Gasteiger partial charge on any atom is -0.481 e. The minimum absolute atomic E-state index is 0.122. The Morgan fingerprint density at radius 2 is 2.19 bits per heavy atom. The van der Waals surface area contributed by atoms with Crippen molar-refractivity contribution in [2.24, 2.45) is 5.92 Å². The van der Waals surface area contributed by atoms with Crippen molar-refractivity contribution in [1.82, 2.24) is 9.47 Å². The fraction of sp³-hybridized carbons (Fsp3) is 0.500. The third kappa shape index (κ3) is 4.16. The predicted octanol–water partition coefficient (Wildman–Crippen LogP) is -0.202. The molecule has 7 heteroatoms. The van der Waals surface area contributed by atoms with Gasteiger partial charge in [0.15, 0.2) is 0 Å². The van der Waals surface area contributed by atoms with Gasteiger partial charge in [-0.25, -0.2) is 0 Å². The molecule has 2 heterocycles. The Hall–Kier alpha value is -2.15. The Kier molecular flexibility index (Phi) is 5.10. The summed E-state index contributed by atoms with van der Waals surface area (Å²) in [5.41, 5.74) is -0.159. The van der Waals surface area contributed by atoms with E-state index < -0.39 is 11.9 Å². The van der Waals surface area contributed by atoms with Crippen molar-refractivity contribution in [3.63, 3.8) is 0 Å². The molecule has 0 bridgehead atoms. The van der Waals surface area contributed by atoms with Gasteiger partial charge in [-0.1, -0.05) is 6.07 Å². The molecule has 0 aromatic carbocycles. The van der Waals surface area contributed by atoms with Crippen molar-refractivity contribution in [3.05, 3.63) is 34.7 Å². The summed E-state index contributed by atoms with van der Waals surface area (Å²) >= 11 is 0. The summed E-state index contributed by atoms with van der Waals surface area (Å²) in [4.78, 5) is 36.2. The monoisotopic (exact) mass is 294 g/mol. The molecule has 1 fully saturated rings. The average molecular weight is 294 g/mol. The van der Waals surface area contributed by atoms with Crippen LogP contribution in [0.5, 0.6) is 0 Å². The fourth-order valence-corrected chi connectivity index (χ4v) is 2.21. The summed E-state index contributed by atoms with van der Waals surface area (Å²) in [5.74, 6) is -1.83. The maximum Gasteiger partial charge on any atom is 0.310 e. The van der Waals surface area contributed by atoms with Gasteiger partial charge in [-0.15, -0.1) is 0 Å². The fourth-order valence-electron chi connectivity index (χ4n) is 2.21. The number of aromatic nitrogens is 1. The van der Waals surface area contributed by atoms with Crippen LogP contribution in [-0.4, -0.2) is 52.8 Å². The number of carboxylic acid groups (broad SMARTS) is 1. The van der Waals surface area contributed by atoms with Crippen LogP contribution in [-0.2, 0) is 20.9 Å². The van der Waals surface area contributed by atoms with Crippen LogP contribution in [0, 0.1) is 5.92 Å². The molecule has 0 spiro atoms. The van der Waals surface area contributed by atoms with E-state index in [2.05, 4.69) is 0 Å². The molecule has 1 aliphatic heterocycles. The highest BCUT2D eigenvalue weighted by molar-refractivity contribution is 5.77. The van der Waals surface area contributed by atoms with Gasteiger partial charge >= 0.3 is 5.97 Å². The molecule has 0 saturated carbocycles. The van der Waals surface area contributed by atoms with Gasteiger partial charge in [-0.05, 0) is 6.07 Å². The highest BCUT2D eigenvalue weighted by Crippen LogP contribution is 2.09. The summed E-state index contributed by atoms with van der Waals surface area (Å²) < 4.78 is 6.66. The van der Waals surface area contributed by atoms with Crippen LogP contribution >= 0.6 is 0 Å². The number of ether oxygens (including phenoxy) is 1. The van der Waals surface area contributed by atoms with Crippen LogP contribution in [0.1, 0.15) is 6.42 Å². The van der Waals surface area contributed by atoms with E-state index in [4.69, 9.17) is 9.84 Å². The van der Waals surface area contributed by atoms with Crippen LogP contribution in [0.15, 0.2) is 29.2 Å². The van der Waals surface area contributed by atoms with Crippen molar-refractivity contribution in [3.8, 4) is 0 Å². The SMILES string of the molecule is O=C(O)C1COCCN(C(=O)CCn2ccccc2=O)C1. The number of amides is 1. The molecule has 21 heavy (non-hydrogen) atoms. The number of nitrogens with zero attached hydrogens (tertiary/aromatic N) is 2. The van der Waals surface area contributed by atoms with Gasteiger partial charge in [0.2, 0.25) is 5.91 Å². The number of carbonyl (C=O) groups excluding carboxylic acids is 1. The van der Waals surface area contributed by atoms with E-state index in [0.717, 1.165) is 0 Å². The van der Waals surface area contributed by atoms with E-state index in [-0.39, 0.29) is 37.6 Å². The van der Waals surface area contributed by atoms with Gasteiger partial charge in [-0.2, -0.15) is 0 Å². The van der Waals surface area contributed by atoms with Gasteiger partial charge in [0, 0.05) is 38.3 Å². The van der Waals surface area contributed by atoms with Gasteiger partial charge < -0.3 is 19.3 Å². The molecule has 1 atom stereocenters. The first-order valence-electron chi connectivity index (χ1n) is 6.81. The topological polar surface area (TPSA) is 88.8 Å². The highest BCUT2D eigenvalue weighted by Gasteiger charge is 2.26. The van der Waals surface area contributed by atoms with Crippen LogP contribution in [0.3, 0.4) is 0 Å². The van der Waals surface area contributed by atoms with Crippen LogP contribution in [0.4, 0.5) is 0 Å². The van der Waals surface area contributed by atoms with E-state index in [1.54, 1.807) is 18.3 Å². The molecule has 0 aliphatic carbocycles. The van der Waals surface area contributed by atoms with E-state index in [0.29, 0.717) is 13.2 Å². The van der Waals surface area contributed by atoms with Crippen molar-refractivity contribution in [1.29, 1.82) is 0 Å². The Labute approximate surface area is 121 Å². The molecular weight excluding hydrogens is 276 g/mol. The van der Waals surface area contributed by atoms with Crippen LogP contribution < -0.4 is 5.56 Å². The lowest BCUT2D eigenvalue weighted by Gasteiger charge is -2.22. The smallest absolute Gasteiger partial charge is 0.310 e. The Morgan fingerprint density at radius 3 is 2.90 bits per heavy atom. The number of carboxylic acids is 1. The summed E-state index contributed by atoms with van der Waals surface area (Å²) in [5, 5.41) is 9.04. The number of carbonyl (C=O) groups is 2. The lowest BCUT2D eigenvalue weighted by Crippen LogP contribution is -2.38. The first-order valence-corrected chi connectivity index (χ1v) is 6.81. The maximum absolute atomic E-state index is 12.2. The maximum atomic E-state index is 12.2. The molecular formula is C14H18N2O5. The molecule has 114 valence electrons. The number of aliphatic carboxylic acids is 1. The van der Waals surface area contributed by atoms with Gasteiger partial charge in [0.1, 0.15) is 0 Å². The largest absolute Gasteiger partial charge is 0.481 e. The van der Waals surface area contributed by atoms with Crippen molar-refractivity contribution in [2.75, 3.05) is 26.3 Å². The van der Waals surface area contributed by atoms with E-state index in [1.165, 1.54) is 15.5 Å². The highest BCUT2D eigenvalue weighted by atomic mass is 16.5. The molecule has 1 N–H and O–H groups in total. The van der Waals surface area contributed by atoms with Gasteiger partial charge in [0.25, 0.3) is 5.56 Å². The number of hydrogen-bond donors (Lipinski definition) is 1. The Balaban J connectivity index is 1.94. The normalized spacial score (nSPS) is 19.0. The third-order valence-corrected chi connectivity index (χ3v) is 3.43. The Morgan fingerprint density at radius 1 is 1.38 bits per heavy atom. The zero-order chi connectivity index (χ0) is 15.2. The standard InChI is InChI=1S/C14H18N2O5/c17-12-3-1-2-5-15(12)6-4-13(18)16-7-8-21-10-11(9-16)14(19)20/h1-3,5,11H,4,6-10H2,(H,19,20). The molecule has 7 nitrogen and oxygen atoms in total. The second-order valence-electron chi connectivity index (χ2n) is 4.93. The van der Waals surface area contributed by atoms with Gasteiger partial charge in [-0.3, -0.25) is 14.4 Å². The van der Waals surface area contributed by atoms with Crippen molar-refractivity contribution < 1.29 is 19.4 Å². The number of aryl methyl sites for hydroxylation is 1. The molecule has 0 radical (unpaired) electrons. The zero-order valence-electron chi connectivity index (χ0n) is 11.6. The molecule has 1 aliphatic rings. The van der Waals surface area contributed by atoms with Crippen molar-refractivity contribution in [2.45, 2.75) is 13.0 Å². The number of hydrogen-bond acceptors (Lipinski definition) is 4. The van der Waals surface area contributed by atoms with Crippen molar-refractivity contribution >= 4 is 11.9 Å². The summed E-state index contributed by atoms with van der Waals surface area (Å²) in [6.45, 7) is 1.27. The number of pyridine rings is 1. The minimum atomic E-state index is -0.964. The summed E-state index contributed by atoms with van der Waals surface area (Å²) in [7, 11) is 0. The molecule has 1 aromatic rings. The second-order valence-corrected chi connectivity index (χ2v) is 4.93. The van der Waals surface area contributed by atoms with E-state index in [1.807, 2.05) is 0 Å². The second kappa shape index (κ2) is 7.03. The summed E-state index contributed by atoms with van der Waals surface area (Å²) in [6.07, 6.45) is 1.79. The van der Waals surface area contributed by atoms with Crippen LogP contribution in [0.25, 0.3) is 0 Å². The third-order valence-electron chi connectivity index (χ3n) is 3.43. The first-order chi connectivity index (χ1) is 10.1. The average Bonchev–Trinajstić information content (AvgIpc) is 2.72. The van der Waals surface area contributed by atoms with Gasteiger partial charge in [0.05, 0.1) is 19.1 Å². The first kappa shape index (κ1) is 15.2. The number of rotatable bonds is 4. The lowest BCUT2D eigenvalue weighted by atomic mass is 10.1. The molecule has 2 rings (SSSR count). The molecule has 1 amide bonds. The molecule has 1 saturated heterocycles. The quantitative estimate of drug-likeness (QED) is 0.830. The zero-order valence-corrected chi connectivity index (χ0v) is 11.6. The summed E-state index contributed by atoms with van der Waals surface area (Å²) in [6, 6.07) is 4.81. The van der Waals surface area contributed by atoms with E-state index in [9.17, 15) is 14.4 Å². The van der Waals surface area contributed by atoms with E-state index >= 15 is 0 Å². The lowest BCUT2D eigenvalue weighted by molar-refractivity contribution is -0.144. The predicted molar refractivity (Wildman–Crippen MR) is 73.8 cm³/mol. The Bertz CT molecular complexity index is 568.